The second kappa shape index (κ2) is 7.11. The Morgan fingerprint density at radius 2 is 2.14 bits per heavy atom. The van der Waals surface area contributed by atoms with Crippen LogP contribution in [-0.4, -0.2) is 24.5 Å². The zero-order chi connectivity index (χ0) is 15.4. The number of rotatable bonds is 4. The molecule has 0 unspecified atom stereocenters. The Bertz CT molecular complexity index is 514. The van der Waals surface area contributed by atoms with E-state index in [1.807, 2.05) is 0 Å². The molecular formula is C15H20BrNO4. The van der Waals surface area contributed by atoms with Crippen molar-refractivity contribution in [3.8, 4) is 0 Å². The number of hydrogen-bond donors (Lipinski definition) is 1. The predicted molar refractivity (Wildman–Crippen MR) is 80.8 cm³/mol. The van der Waals surface area contributed by atoms with Crippen LogP contribution in [0.4, 0.5) is 0 Å². The molecule has 0 aromatic carbocycles. The molecule has 0 spiro atoms. The fourth-order valence-corrected chi connectivity index (χ4v) is 2.97. The highest BCUT2D eigenvalue weighted by Crippen LogP contribution is 2.29. The maximum Gasteiger partial charge on any atom is 0.374 e. The van der Waals surface area contributed by atoms with Crippen molar-refractivity contribution in [1.29, 1.82) is 0 Å². The summed E-state index contributed by atoms with van der Waals surface area (Å²) in [7, 11) is 0. The van der Waals surface area contributed by atoms with E-state index in [4.69, 9.17) is 9.15 Å². The minimum Gasteiger partial charge on any atom is -0.450 e. The van der Waals surface area contributed by atoms with Crippen molar-refractivity contribution in [2.24, 2.45) is 11.8 Å². The van der Waals surface area contributed by atoms with Gasteiger partial charge in [0.25, 0.3) is 5.91 Å². The molecule has 1 aromatic heterocycles. The lowest BCUT2D eigenvalue weighted by Crippen LogP contribution is -2.45. The molecule has 2 rings (SSSR count). The van der Waals surface area contributed by atoms with Crippen molar-refractivity contribution in [3.05, 3.63) is 22.6 Å². The van der Waals surface area contributed by atoms with Crippen LogP contribution in [-0.2, 0) is 9.53 Å². The van der Waals surface area contributed by atoms with Gasteiger partial charge < -0.3 is 14.5 Å². The fourth-order valence-electron chi connectivity index (χ4n) is 2.66. The normalized spacial score (nSPS) is 25.4. The van der Waals surface area contributed by atoms with E-state index in [1.54, 1.807) is 6.07 Å². The number of carbonyl (C=O) groups is 2. The number of hydrogen-bond acceptors (Lipinski definition) is 4. The highest BCUT2D eigenvalue weighted by molar-refractivity contribution is 9.10. The molecule has 1 saturated carbocycles. The van der Waals surface area contributed by atoms with Gasteiger partial charge in [0.05, 0.1) is 0 Å². The van der Waals surface area contributed by atoms with E-state index in [2.05, 4.69) is 35.1 Å². The van der Waals surface area contributed by atoms with Crippen LogP contribution in [0.25, 0.3) is 0 Å². The topological polar surface area (TPSA) is 68.5 Å². The summed E-state index contributed by atoms with van der Waals surface area (Å²) < 4.78 is 10.5. The first kappa shape index (κ1) is 16.1. The molecule has 1 aliphatic carbocycles. The highest BCUT2D eigenvalue weighted by atomic mass is 79.9. The Morgan fingerprint density at radius 3 is 2.81 bits per heavy atom. The molecule has 6 heteroatoms. The molecule has 1 aromatic rings. The first-order valence-corrected chi connectivity index (χ1v) is 7.98. The third-order valence-electron chi connectivity index (χ3n) is 4.16. The van der Waals surface area contributed by atoms with Gasteiger partial charge in [-0.25, -0.2) is 4.79 Å². The fraction of sp³-hybridized carbons (Fsp3) is 0.600. The molecule has 5 nitrogen and oxygen atoms in total. The average molecular weight is 358 g/mol. The van der Waals surface area contributed by atoms with E-state index in [9.17, 15) is 9.59 Å². The minimum absolute atomic E-state index is 0.0781. The lowest BCUT2D eigenvalue weighted by atomic mass is 9.78. The Kier molecular flexibility index (Phi) is 5.45. The molecule has 1 heterocycles. The van der Waals surface area contributed by atoms with Gasteiger partial charge in [-0.2, -0.15) is 0 Å². The lowest BCUT2D eigenvalue weighted by Gasteiger charge is -2.34. The van der Waals surface area contributed by atoms with Crippen LogP contribution in [0.1, 0.15) is 43.7 Å². The van der Waals surface area contributed by atoms with Crippen LogP contribution in [0.3, 0.4) is 0 Å². The van der Waals surface area contributed by atoms with Crippen LogP contribution < -0.4 is 5.32 Å². The summed E-state index contributed by atoms with van der Waals surface area (Å²) in [5.41, 5.74) is 0. The van der Waals surface area contributed by atoms with Crippen molar-refractivity contribution in [1.82, 2.24) is 5.32 Å². The number of esters is 1. The van der Waals surface area contributed by atoms with E-state index < -0.39 is 5.97 Å². The van der Waals surface area contributed by atoms with Gasteiger partial charge in [-0.15, -0.1) is 0 Å². The smallest absolute Gasteiger partial charge is 0.374 e. The van der Waals surface area contributed by atoms with E-state index in [-0.39, 0.29) is 24.3 Å². The second-order valence-corrected chi connectivity index (χ2v) is 6.40. The van der Waals surface area contributed by atoms with Gasteiger partial charge >= 0.3 is 5.97 Å². The summed E-state index contributed by atoms with van der Waals surface area (Å²) in [6, 6.07) is 3.26. The first-order chi connectivity index (χ1) is 9.97. The summed E-state index contributed by atoms with van der Waals surface area (Å²) in [5, 5.41) is 2.96. The molecule has 3 atom stereocenters. The van der Waals surface area contributed by atoms with Gasteiger partial charge in [0, 0.05) is 6.04 Å². The largest absolute Gasteiger partial charge is 0.450 e. The van der Waals surface area contributed by atoms with Crippen LogP contribution in [0.15, 0.2) is 21.2 Å². The van der Waals surface area contributed by atoms with Crippen LogP contribution in [0.2, 0.25) is 0 Å². The molecule has 21 heavy (non-hydrogen) atoms. The van der Waals surface area contributed by atoms with Crippen molar-refractivity contribution in [2.75, 3.05) is 6.61 Å². The summed E-state index contributed by atoms with van der Waals surface area (Å²) in [6.45, 7) is 4.08. The van der Waals surface area contributed by atoms with Gasteiger partial charge in [-0.1, -0.05) is 26.7 Å². The Labute approximate surface area is 132 Å². The SMILES string of the molecule is C[C@H]1[C@@H](C)CCC[C@H]1NC(=O)COC(=O)c1ccc(Br)o1. The summed E-state index contributed by atoms with van der Waals surface area (Å²) in [4.78, 5) is 23.5. The summed E-state index contributed by atoms with van der Waals surface area (Å²) in [5.74, 6) is 0.224. The number of ether oxygens (including phenoxy) is 1. The Hall–Kier alpha value is -1.30. The number of amides is 1. The molecule has 1 amide bonds. The number of furan rings is 1. The van der Waals surface area contributed by atoms with Crippen molar-refractivity contribution in [3.63, 3.8) is 0 Å². The zero-order valence-corrected chi connectivity index (χ0v) is 13.8. The highest BCUT2D eigenvalue weighted by Gasteiger charge is 2.28. The zero-order valence-electron chi connectivity index (χ0n) is 12.2. The van der Waals surface area contributed by atoms with Crippen molar-refractivity contribution < 1.29 is 18.7 Å². The maximum absolute atomic E-state index is 11.9. The molecule has 116 valence electrons. The van der Waals surface area contributed by atoms with Crippen molar-refractivity contribution in [2.45, 2.75) is 39.2 Å². The van der Waals surface area contributed by atoms with E-state index >= 15 is 0 Å². The predicted octanol–water partition coefficient (Wildman–Crippen LogP) is 3.14. The average Bonchev–Trinajstić information content (AvgIpc) is 2.88. The summed E-state index contributed by atoms with van der Waals surface area (Å²) >= 11 is 3.10. The Morgan fingerprint density at radius 1 is 1.38 bits per heavy atom. The lowest BCUT2D eigenvalue weighted by molar-refractivity contribution is -0.125. The van der Waals surface area contributed by atoms with E-state index in [1.165, 1.54) is 12.5 Å². The number of carbonyl (C=O) groups excluding carboxylic acids is 2. The third-order valence-corrected chi connectivity index (χ3v) is 4.59. The number of nitrogens with one attached hydrogen (secondary N) is 1. The molecule has 0 saturated heterocycles. The van der Waals surface area contributed by atoms with Gasteiger partial charge in [0.2, 0.25) is 5.76 Å². The molecule has 1 fully saturated rings. The van der Waals surface area contributed by atoms with E-state index in [0.717, 1.165) is 12.8 Å². The molecular weight excluding hydrogens is 338 g/mol. The molecule has 1 aliphatic rings. The quantitative estimate of drug-likeness (QED) is 0.840. The van der Waals surface area contributed by atoms with Crippen LogP contribution >= 0.6 is 15.9 Å². The first-order valence-electron chi connectivity index (χ1n) is 7.19. The molecule has 0 aliphatic heterocycles. The minimum atomic E-state index is -0.638. The van der Waals surface area contributed by atoms with E-state index in [0.29, 0.717) is 16.5 Å². The Balaban J connectivity index is 1.78. The van der Waals surface area contributed by atoms with Crippen LogP contribution in [0, 0.1) is 11.8 Å². The molecule has 1 N–H and O–H groups in total. The number of halogens is 1. The van der Waals surface area contributed by atoms with Crippen molar-refractivity contribution >= 4 is 27.8 Å². The van der Waals surface area contributed by atoms with Gasteiger partial charge in [-0.3, -0.25) is 4.79 Å². The maximum atomic E-state index is 11.9. The summed E-state index contributed by atoms with van der Waals surface area (Å²) in [6.07, 6.45) is 3.31. The van der Waals surface area contributed by atoms with Gasteiger partial charge in [0.1, 0.15) is 0 Å². The van der Waals surface area contributed by atoms with Gasteiger partial charge in [0.15, 0.2) is 11.3 Å². The monoisotopic (exact) mass is 357 g/mol. The second-order valence-electron chi connectivity index (χ2n) is 5.62. The van der Waals surface area contributed by atoms with Gasteiger partial charge in [-0.05, 0) is 46.3 Å². The third kappa shape index (κ3) is 4.33. The standard InChI is InChI=1S/C15H20BrNO4/c1-9-4-3-5-11(10(9)2)17-14(18)8-20-15(19)12-6-7-13(16)21-12/h6-7,9-11H,3-5,8H2,1-2H3,(H,17,18)/t9-,10-,11+/m0/s1. The molecule has 0 bridgehead atoms. The molecule has 0 radical (unpaired) electrons. The van der Waals surface area contributed by atoms with Crippen LogP contribution in [0.5, 0.6) is 0 Å².